The van der Waals surface area contributed by atoms with Gasteiger partial charge < -0.3 is 15.2 Å². The summed E-state index contributed by atoms with van der Waals surface area (Å²) in [6.45, 7) is 0.878. The highest BCUT2D eigenvalue weighted by molar-refractivity contribution is 5.32. The van der Waals surface area contributed by atoms with Crippen LogP contribution in [0.4, 0.5) is 0 Å². The van der Waals surface area contributed by atoms with E-state index < -0.39 is 0 Å². The maximum absolute atomic E-state index is 5.46. The molecule has 1 aromatic rings. The van der Waals surface area contributed by atoms with Crippen LogP contribution >= 0.6 is 0 Å². The zero-order valence-corrected chi connectivity index (χ0v) is 7.75. The van der Waals surface area contributed by atoms with Crippen LogP contribution in [0.15, 0.2) is 18.2 Å². The zero-order chi connectivity index (χ0) is 9.52. The SMILES string of the molecule is COCOc1c[c]ccc1CCN. The molecular formula is C10H14NO2. The Hall–Kier alpha value is -1.06. The second-order valence-corrected chi connectivity index (χ2v) is 2.62. The highest BCUT2D eigenvalue weighted by atomic mass is 16.7. The summed E-state index contributed by atoms with van der Waals surface area (Å²) < 4.78 is 10.1. The molecule has 0 aliphatic rings. The fraction of sp³-hybridized carbons (Fsp3) is 0.400. The fourth-order valence-corrected chi connectivity index (χ4v) is 1.07. The molecule has 2 N–H and O–H groups in total. The Kier molecular flexibility index (Phi) is 4.29. The molecule has 0 fully saturated rings. The van der Waals surface area contributed by atoms with Crippen LogP contribution in [-0.4, -0.2) is 20.4 Å². The van der Waals surface area contributed by atoms with Gasteiger partial charge in [-0.15, -0.1) is 0 Å². The average Bonchev–Trinajstić information content (AvgIpc) is 2.17. The van der Waals surface area contributed by atoms with E-state index in [1.807, 2.05) is 12.1 Å². The molecule has 0 unspecified atom stereocenters. The van der Waals surface area contributed by atoms with Gasteiger partial charge in [0.2, 0.25) is 0 Å². The van der Waals surface area contributed by atoms with E-state index in [9.17, 15) is 0 Å². The highest BCUT2D eigenvalue weighted by Crippen LogP contribution is 2.17. The predicted molar refractivity (Wildman–Crippen MR) is 50.5 cm³/mol. The predicted octanol–water partition coefficient (Wildman–Crippen LogP) is 0.971. The molecule has 1 radical (unpaired) electrons. The topological polar surface area (TPSA) is 44.5 Å². The maximum atomic E-state index is 5.46. The fourth-order valence-electron chi connectivity index (χ4n) is 1.07. The molecular weight excluding hydrogens is 166 g/mol. The first-order valence-electron chi connectivity index (χ1n) is 4.19. The summed E-state index contributed by atoms with van der Waals surface area (Å²) in [6.07, 6.45) is 0.813. The van der Waals surface area contributed by atoms with Crippen LogP contribution in [0.25, 0.3) is 0 Å². The zero-order valence-electron chi connectivity index (χ0n) is 7.75. The van der Waals surface area contributed by atoms with Crippen molar-refractivity contribution in [2.45, 2.75) is 6.42 Å². The molecule has 1 aromatic carbocycles. The molecule has 0 heterocycles. The summed E-state index contributed by atoms with van der Waals surface area (Å²) in [5.74, 6) is 0.801. The van der Waals surface area contributed by atoms with Gasteiger partial charge in [0.1, 0.15) is 5.75 Å². The summed E-state index contributed by atoms with van der Waals surface area (Å²) in [5.41, 5.74) is 6.56. The lowest BCUT2D eigenvalue weighted by Gasteiger charge is -2.08. The second kappa shape index (κ2) is 5.56. The number of benzene rings is 1. The third-order valence-corrected chi connectivity index (χ3v) is 1.66. The van der Waals surface area contributed by atoms with Crippen molar-refractivity contribution in [3.8, 4) is 5.75 Å². The van der Waals surface area contributed by atoms with Crippen LogP contribution in [0, 0.1) is 6.07 Å². The van der Waals surface area contributed by atoms with Crippen molar-refractivity contribution >= 4 is 0 Å². The molecule has 0 bridgehead atoms. The largest absolute Gasteiger partial charge is 0.467 e. The average molecular weight is 180 g/mol. The molecule has 13 heavy (non-hydrogen) atoms. The monoisotopic (exact) mass is 180 g/mol. The number of rotatable bonds is 5. The molecule has 71 valence electrons. The number of ether oxygens (including phenoxy) is 2. The van der Waals surface area contributed by atoms with Crippen molar-refractivity contribution in [1.29, 1.82) is 0 Å². The Morgan fingerprint density at radius 2 is 2.38 bits per heavy atom. The van der Waals surface area contributed by atoms with Crippen LogP contribution in [0.5, 0.6) is 5.75 Å². The van der Waals surface area contributed by atoms with Gasteiger partial charge >= 0.3 is 0 Å². The van der Waals surface area contributed by atoms with E-state index in [0.717, 1.165) is 17.7 Å². The maximum Gasteiger partial charge on any atom is 0.188 e. The van der Waals surface area contributed by atoms with Gasteiger partial charge in [0.05, 0.1) is 0 Å². The van der Waals surface area contributed by atoms with Crippen molar-refractivity contribution in [2.24, 2.45) is 5.73 Å². The van der Waals surface area contributed by atoms with Crippen molar-refractivity contribution < 1.29 is 9.47 Å². The Morgan fingerprint density at radius 1 is 1.54 bits per heavy atom. The van der Waals surface area contributed by atoms with Crippen molar-refractivity contribution in [2.75, 3.05) is 20.4 Å². The third kappa shape index (κ3) is 3.05. The lowest BCUT2D eigenvalue weighted by molar-refractivity contribution is 0.0504. The molecule has 0 saturated carbocycles. The normalized spacial score (nSPS) is 10.0. The Morgan fingerprint density at radius 3 is 3.08 bits per heavy atom. The Bertz CT molecular complexity index is 250. The first-order valence-corrected chi connectivity index (χ1v) is 4.19. The molecule has 0 aliphatic heterocycles. The number of nitrogens with two attached hydrogens (primary N) is 1. The summed E-state index contributed by atoms with van der Waals surface area (Å²) in [7, 11) is 1.59. The Balaban J connectivity index is 2.66. The van der Waals surface area contributed by atoms with Gasteiger partial charge in [-0.25, -0.2) is 0 Å². The molecule has 1 rings (SSSR count). The van der Waals surface area contributed by atoms with Crippen molar-refractivity contribution in [3.63, 3.8) is 0 Å². The minimum absolute atomic E-state index is 0.259. The van der Waals surface area contributed by atoms with E-state index in [2.05, 4.69) is 6.07 Å². The van der Waals surface area contributed by atoms with Crippen LogP contribution in [0.3, 0.4) is 0 Å². The van der Waals surface area contributed by atoms with Gasteiger partial charge in [0.25, 0.3) is 0 Å². The molecule has 0 spiro atoms. The lowest BCUT2D eigenvalue weighted by atomic mass is 10.1. The van der Waals surface area contributed by atoms with E-state index in [1.165, 1.54) is 0 Å². The van der Waals surface area contributed by atoms with Crippen LogP contribution in [0.1, 0.15) is 5.56 Å². The van der Waals surface area contributed by atoms with Gasteiger partial charge in [0, 0.05) is 7.11 Å². The van der Waals surface area contributed by atoms with Crippen LogP contribution in [-0.2, 0) is 11.2 Å². The summed E-state index contributed by atoms with van der Waals surface area (Å²) >= 11 is 0. The van der Waals surface area contributed by atoms with Crippen LogP contribution < -0.4 is 10.5 Å². The number of methoxy groups -OCH3 is 1. The van der Waals surface area contributed by atoms with Gasteiger partial charge in [-0.05, 0) is 30.7 Å². The first kappa shape index (κ1) is 10.0. The number of hydrogen-bond donors (Lipinski definition) is 1. The van der Waals surface area contributed by atoms with Crippen LogP contribution in [0.2, 0.25) is 0 Å². The van der Waals surface area contributed by atoms with E-state index in [4.69, 9.17) is 15.2 Å². The van der Waals surface area contributed by atoms with Gasteiger partial charge in [0.15, 0.2) is 6.79 Å². The quantitative estimate of drug-likeness (QED) is 0.687. The molecule has 0 amide bonds. The Labute approximate surface area is 78.5 Å². The smallest absolute Gasteiger partial charge is 0.188 e. The van der Waals surface area contributed by atoms with Crippen molar-refractivity contribution in [3.05, 3.63) is 29.8 Å². The number of hydrogen-bond acceptors (Lipinski definition) is 3. The molecule has 0 saturated heterocycles. The van der Waals surface area contributed by atoms with Gasteiger partial charge in [-0.3, -0.25) is 0 Å². The first-order chi connectivity index (χ1) is 6.38. The van der Waals surface area contributed by atoms with Crippen molar-refractivity contribution in [1.82, 2.24) is 0 Å². The van der Waals surface area contributed by atoms with E-state index >= 15 is 0 Å². The highest BCUT2D eigenvalue weighted by Gasteiger charge is 2.00. The summed E-state index contributed by atoms with van der Waals surface area (Å²) in [6, 6.07) is 8.55. The third-order valence-electron chi connectivity index (χ3n) is 1.66. The summed E-state index contributed by atoms with van der Waals surface area (Å²) in [4.78, 5) is 0. The molecule has 0 aliphatic carbocycles. The van der Waals surface area contributed by atoms with Gasteiger partial charge in [-0.1, -0.05) is 12.1 Å². The second-order valence-electron chi connectivity index (χ2n) is 2.62. The minimum atomic E-state index is 0.259. The summed E-state index contributed by atoms with van der Waals surface area (Å²) in [5, 5.41) is 0. The molecule has 0 aromatic heterocycles. The van der Waals surface area contributed by atoms with E-state index in [-0.39, 0.29) is 6.79 Å². The molecule has 3 heteroatoms. The minimum Gasteiger partial charge on any atom is -0.467 e. The lowest BCUT2D eigenvalue weighted by Crippen LogP contribution is -2.06. The molecule has 0 atom stereocenters. The standard InChI is InChI=1S/C10H14NO2/c1-12-8-13-10-5-3-2-4-9(10)6-7-11/h2,4-5H,6-8,11H2,1H3. The van der Waals surface area contributed by atoms with E-state index in [0.29, 0.717) is 6.54 Å². The van der Waals surface area contributed by atoms with Gasteiger partial charge in [-0.2, -0.15) is 0 Å². The van der Waals surface area contributed by atoms with E-state index in [1.54, 1.807) is 13.2 Å². The molecule has 3 nitrogen and oxygen atoms in total.